The molecule has 2 amide bonds. The van der Waals surface area contributed by atoms with Gasteiger partial charge >= 0.3 is 6.09 Å². The number of nitrogens with zero attached hydrogens (tertiary/aromatic N) is 2. The van der Waals surface area contributed by atoms with Crippen molar-refractivity contribution in [3.8, 4) is 0 Å². The molecule has 6 heteroatoms. The molecule has 0 aliphatic carbocycles. The van der Waals surface area contributed by atoms with Gasteiger partial charge in [-0.2, -0.15) is 0 Å². The van der Waals surface area contributed by atoms with Crippen molar-refractivity contribution >= 4 is 12.0 Å². The molecule has 1 N–H and O–H groups in total. The van der Waals surface area contributed by atoms with Crippen molar-refractivity contribution < 1.29 is 14.3 Å². The van der Waals surface area contributed by atoms with E-state index in [0.29, 0.717) is 19.1 Å². The normalized spacial score (nSPS) is 16.0. The van der Waals surface area contributed by atoms with E-state index < -0.39 is 11.6 Å². The summed E-state index contributed by atoms with van der Waals surface area (Å²) in [6.07, 6.45) is -0.581. The molecule has 25 heavy (non-hydrogen) atoms. The molecule has 0 aromatic heterocycles. The van der Waals surface area contributed by atoms with Gasteiger partial charge in [-0.05, 0) is 33.3 Å². The molecule has 1 aliphatic heterocycles. The minimum absolute atomic E-state index is 0.0763. The Kier molecular flexibility index (Phi) is 6.42. The highest BCUT2D eigenvalue weighted by Gasteiger charge is 2.35. The first-order valence-electron chi connectivity index (χ1n) is 8.82. The Balaban J connectivity index is 1.83. The van der Waals surface area contributed by atoms with Crippen LogP contribution >= 0.6 is 0 Å². The van der Waals surface area contributed by atoms with Gasteiger partial charge in [-0.25, -0.2) is 4.79 Å². The van der Waals surface area contributed by atoms with Gasteiger partial charge in [0.15, 0.2) is 0 Å². The smallest absolute Gasteiger partial charge is 0.408 e. The zero-order chi connectivity index (χ0) is 18.4. The molecule has 1 aromatic carbocycles. The zero-order valence-electron chi connectivity index (χ0n) is 15.6. The molecule has 0 radical (unpaired) electrons. The molecule has 6 nitrogen and oxygen atoms in total. The highest BCUT2D eigenvalue weighted by molar-refractivity contribution is 5.89. The van der Waals surface area contributed by atoms with Crippen molar-refractivity contribution in [1.82, 2.24) is 15.1 Å². The summed E-state index contributed by atoms with van der Waals surface area (Å²) in [5.74, 6) is -0.0763. The van der Waals surface area contributed by atoms with Gasteiger partial charge < -0.3 is 15.0 Å². The van der Waals surface area contributed by atoms with E-state index in [1.807, 2.05) is 35.2 Å². The van der Waals surface area contributed by atoms with E-state index in [4.69, 9.17) is 4.74 Å². The summed E-state index contributed by atoms with van der Waals surface area (Å²) in [7, 11) is 0. The Morgan fingerprint density at radius 3 is 2.28 bits per heavy atom. The maximum atomic E-state index is 12.7. The van der Waals surface area contributed by atoms with Crippen molar-refractivity contribution in [3.05, 3.63) is 35.9 Å². The van der Waals surface area contributed by atoms with Crippen LogP contribution in [-0.4, -0.2) is 59.6 Å². The number of carbonyl (C=O) groups is 2. The summed E-state index contributed by atoms with van der Waals surface area (Å²) < 4.78 is 5.22. The van der Waals surface area contributed by atoms with Gasteiger partial charge in [0.2, 0.25) is 5.91 Å². The van der Waals surface area contributed by atoms with E-state index in [0.717, 1.165) is 18.7 Å². The molecule has 0 atom stereocenters. The number of piperazine rings is 1. The summed E-state index contributed by atoms with van der Waals surface area (Å²) in [5.41, 5.74) is -0.0834. The minimum Gasteiger partial charge on any atom is -0.445 e. The fraction of sp³-hybridized carbons (Fsp3) is 0.579. The van der Waals surface area contributed by atoms with Crippen LogP contribution in [0.5, 0.6) is 0 Å². The maximum Gasteiger partial charge on any atom is 0.408 e. The Labute approximate surface area is 150 Å². The first-order valence-corrected chi connectivity index (χ1v) is 8.82. The predicted molar refractivity (Wildman–Crippen MR) is 97.1 cm³/mol. The Morgan fingerprint density at radius 1 is 1.12 bits per heavy atom. The van der Waals surface area contributed by atoms with Gasteiger partial charge in [-0.15, -0.1) is 0 Å². The molecule has 0 bridgehead atoms. The summed E-state index contributed by atoms with van der Waals surface area (Å²) >= 11 is 0. The van der Waals surface area contributed by atoms with Gasteiger partial charge in [0, 0.05) is 32.2 Å². The van der Waals surface area contributed by atoms with E-state index in [2.05, 4.69) is 24.1 Å². The number of hydrogen-bond acceptors (Lipinski definition) is 4. The first-order chi connectivity index (χ1) is 11.8. The van der Waals surface area contributed by atoms with Gasteiger partial charge in [-0.1, -0.05) is 30.3 Å². The third-order valence-electron chi connectivity index (χ3n) is 4.49. The zero-order valence-corrected chi connectivity index (χ0v) is 15.6. The molecule has 1 aliphatic rings. The van der Waals surface area contributed by atoms with E-state index in [9.17, 15) is 9.59 Å². The second kappa shape index (κ2) is 8.34. The third-order valence-corrected chi connectivity index (χ3v) is 4.49. The average molecular weight is 347 g/mol. The van der Waals surface area contributed by atoms with Gasteiger partial charge in [-0.3, -0.25) is 9.69 Å². The van der Waals surface area contributed by atoms with E-state index >= 15 is 0 Å². The van der Waals surface area contributed by atoms with Crippen molar-refractivity contribution in [1.29, 1.82) is 0 Å². The van der Waals surface area contributed by atoms with E-state index in [1.165, 1.54) is 0 Å². The summed E-state index contributed by atoms with van der Waals surface area (Å²) in [5, 5.41) is 2.69. The van der Waals surface area contributed by atoms with Crippen molar-refractivity contribution in [2.75, 3.05) is 26.2 Å². The summed E-state index contributed by atoms with van der Waals surface area (Å²) in [6, 6.07) is 9.94. The van der Waals surface area contributed by atoms with Crippen LogP contribution < -0.4 is 5.32 Å². The van der Waals surface area contributed by atoms with E-state index in [1.54, 1.807) is 13.8 Å². The van der Waals surface area contributed by atoms with Crippen LogP contribution in [0.3, 0.4) is 0 Å². The number of benzene rings is 1. The molecule has 0 saturated carbocycles. The second-order valence-electron chi connectivity index (χ2n) is 7.23. The average Bonchev–Trinajstić information content (AvgIpc) is 2.60. The molecule has 1 aromatic rings. The Morgan fingerprint density at radius 2 is 1.72 bits per heavy atom. The monoisotopic (exact) mass is 347 g/mol. The molecule has 1 saturated heterocycles. The van der Waals surface area contributed by atoms with Crippen LogP contribution in [0.15, 0.2) is 30.3 Å². The quantitative estimate of drug-likeness (QED) is 0.887. The lowest BCUT2D eigenvalue weighted by atomic mass is 10.0. The van der Waals surface area contributed by atoms with Crippen LogP contribution in [0, 0.1) is 0 Å². The molecular formula is C19H29N3O3. The molecule has 0 spiro atoms. The second-order valence-corrected chi connectivity index (χ2v) is 7.23. The van der Waals surface area contributed by atoms with Crippen LogP contribution in [-0.2, 0) is 16.1 Å². The molecule has 2 rings (SSSR count). The number of ether oxygens (including phenoxy) is 1. The van der Waals surface area contributed by atoms with Crippen molar-refractivity contribution in [3.63, 3.8) is 0 Å². The molecular weight excluding hydrogens is 318 g/mol. The highest BCUT2D eigenvalue weighted by Crippen LogP contribution is 2.13. The van der Waals surface area contributed by atoms with Crippen LogP contribution in [0.1, 0.15) is 33.3 Å². The lowest BCUT2D eigenvalue weighted by Gasteiger charge is -2.40. The fourth-order valence-electron chi connectivity index (χ4n) is 2.90. The van der Waals surface area contributed by atoms with E-state index in [-0.39, 0.29) is 12.5 Å². The highest BCUT2D eigenvalue weighted by atomic mass is 16.5. The van der Waals surface area contributed by atoms with Crippen LogP contribution in [0.4, 0.5) is 4.79 Å². The van der Waals surface area contributed by atoms with Crippen molar-refractivity contribution in [2.45, 2.75) is 45.9 Å². The van der Waals surface area contributed by atoms with Gasteiger partial charge in [0.1, 0.15) is 12.1 Å². The number of hydrogen-bond donors (Lipinski definition) is 1. The fourth-order valence-corrected chi connectivity index (χ4v) is 2.90. The summed E-state index contributed by atoms with van der Waals surface area (Å²) in [6.45, 7) is 11.0. The molecule has 1 fully saturated rings. The maximum absolute atomic E-state index is 12.7. The Bertz CT molecular complexity index is 579. The van der Waals surface area contributed by atoms with Gasteiger partial charge in [0.25, 0.3) is 0 Å². The SMILES string of the molecule is CC(C)N1CCN(C(=O)C(C)(C)NC(=O)OCc2ccccc2)CC1. The minimum atomic E-state index is -0.992. The number of rotatable bonds is 5. The lowest BCUT2D eigenvalue weighted by Crippen LogP contribution is -2.60. The van der Waals surface area contributed by atoms with Crippen LogP contribution in [0.25, 0.3) is 0 Å². The number of amides is 2. The molecule has 1 heterocycles. The lowest BCUT2D eigenvalue weighted by molar-refractivity contribution is -0.139. The number of alkyl carbamates (subject to hydrolysis) is 1. The standard InChI is InChI=1S/C19H29N3O3/c1-15(2)21-10-12-22(13-11-21)17(23)19(3,4)20-18(24)25-14-16-8-6-5-7-9-16/h5-9,15H,10-14H2,1-4H3,(H,20,24). The largest absolute Gasteiger partial charge is 0.445 e. The Hall–Kier alpha value is -2.08. The first kappa shape index (κ1) is 19.2. The van der Waals surface area contributed by atoms with Gasteiger partial charge in [0.05, 0.1) is 0 Å². The topological polar surface area (TPSA) is 61.9 Å². The number of nitrogens with one attached hydrogen (secondary N) is 1. The molecule has 0 unspecified atom stereocenters. The predicted octanol–water partition coefficient (Wildman–Crippen LogP) is 2.24. The summed E-state index contributed by atoms with van der Waals surface area (Å²) in [4.78, 5) is 29.0. The van der Waals surface area contributed by atoms with Crippen LogP contribution in [0.2, 0.25) is 0 Å². The molecule has 138 valence electrons. The third kappa shape index (κ3) is 5.46. The van der Waals surface area contributed by atoms with Crippen molar-refractivity contribution in [2.24, 2.45) is 0 Å². The number of carbonyl (C=O) groups excluding carboxylic acids is 2.